The number of hydrogen-bond donors (Lipinski definition) is 2. The van der Waals surface area contributed by atoms with Gasteiger partial charge >= 0.3 is 5.97 Å². The molecule has 0 bridgehead atoms. The van der Waals surface area contributed by atoms with Crippen LogP contribution < -0.4 is 0 Å². The zero-order valence-electron chi connectivity index (χ0n) is 10.2. The Kier molecular flexibility index (Phi) is 3.88. The van der Waals surface area contributed by atoms with Crippen LogP contribution in [0.5, 0.6) is 0 Å². The summed E-state index contributed by atoms with van der Waals surface area (Å²) in [6.45, 7) is 3.42. The molecule has 0 aliphatic carbocycles. The summed E-state index contributed by atoms with van der Waals surface area (Å²) in [7, 11) is 1.63. The van der Waals surface area contributed by atoms with Crippen molar-refractivity contribution < 1.29 is 14.7 Å². The second-order valence-corrected chi connectivity index (χ2v) is 4.65. The smallest absolute Gasteiger partial charge is 0.309 e. The molecule has 0 aromatic carbocycles. The van der Waals surface area contributed by atoms with Crippen LogP contribution in [0.2, 0.25) is 0 Å². The van der Waals surface area contributed by atoms with E-state index in [1.54, 1.807) is 19.4 Å². The summed E-state index contributed by atoms with van der Waals surface area (Å²) in [6, 6.07) is 0. The highest BCUT2D eigenvalue weighted by molar-refractivity contribution is 5.84. The summed E-state index contributed by atoms with van der Waals surface area (Å²) in [5, 5.41) is 8.94. The van der Waals surface area contributed by atoms with Crippen LogP contribution in [0.4, 0.5) is 0 Å². The average molecular weight is 239 g/mol. The summed E-state index contributed by atoms with van der Waals surface area (Å²) in [6.07, 6.45) is 3.25. The number of carbonyl (C=O) groups excluding carboxylic acids is 1. The highest BCUT2D eigenvalue weighted by Crippen LogP contribution is 2.21. The lowest BCUT2D eigenvalue weighted by Crippen LogP contribution is -2.34. The highest BCUT2D eigenvalue weighted by Gasteiger charge is 2.31. The number of nitrogens with zero attached hydrogens (tertiary/aromatic N) is 2. The SMILES string of the molecule is CN(Cc1ncc[nH]1)C(=O)CC(C)(C)C(=O)O. The molecule has 1 aromatic rings. The fraction of sp³-hybridized carbons (Fsp3) is 0.545. The van der Waals surface area contributed by atoms with Crippen molar-refractivity contribution in [2.24, 2.45) is 5.41 Å². The number of carbonyl (C=O) groups is 2. The van der Waals surface area contributed by atoms with Crippen molar-refractivity contribution in [1.82, 2.24) is 14.9 Å². The van der Waals surface area contributed by atoms with Gasteiger partial charge in [0.15, 0.2) is 0 Å². The molecule has 6 heteroatoms. The molecule has 0 saturated heterocycles. The average Bonchev–Trinajstić information content (AvgIpc) is 2.69. The molecular weight excluding hydrogens is 222 g/mol. The summed E-state index contributed by atoms with van der Waals surface area (Å²) in [4.78, 5) is 31.1. The largest absolute Gasteiger partial charge is 0.481 e. The Morgan fingerprint density at radius 2 is 2.18 bits per heavy atom. The minimum atomic E-state index is -1.05. The molecule has 2 N–H and O–H groups in total. The molecular formula is C11H17N3O3. The molecule has 1 aromatic heterocycles. The number of rotatable bonds is 5. The molecule has 17 heavy (non-hydrogen) atoms. The van der Waals surface area contributed by atoms with Crippen molar-refractivity contribution in [3.05, 3.63) is 18.2 Å². The van der Waals surface area contributed by atoms with Crippen LogP contribution in [0.15, 0.2) is 12.4 Å². The Bertz CT molecular complexity index is 398. The fourth-order valence-corrected chi connectivity index (χ4v) is 1.29. The third-order valence-electron chi connectivity index (χ3n) is 2.54. The highest BCUT2D eigenvalue weighted by atomic mass is 16.4. The number of amides is 1. The van der Waals surface area contributed by atoms with Gasteiger partial charge in [0.1, 0.15) is 5.82 Å². The van der Waals surface area contributed by atoms with Gasteiger partial charge < -0.3 is 15.0 Å². The molecule has 0 unspecified atom stereocenters. The van der Waals surface area contributed by atoms with Crippen LogP contribution in [0.1, 0.15) is 26.1 Å². The van der Waals surface area contributed by atoms with Gasteiger partial charge in [-0.2, -0.15) is 0 Å². The Morgan fingerprint density at radius 1 is 1.53 bits per heavy atom. The molecule has 0 fully saturated rings. The maximum absolute atomic E-state index is 11.8. The number of carboxylic acid groups (broad SMARTS) is 1. The van der Waals surface area contributed by atoms with Gasteiger partial charge in [0.05, 0.1) is 12.0 Å². The van der Waals surface area contributed by atoms with E-state index in [0.29, 0.717) is 12.4 Å². The van der Waals surface area contributed by atoms with Crippen LogP contribution in [-0.2, 0) is 16.1 Å². The van der Waals surface area contributed by atoms with Crippen LogP contribution in [0.25, 0.3) is 0 Å². The van der Waals surface area contributed by atoms with E-state index in [1.807, 2.05) is 0 Å². The molecule has 1 heterocycles. The van der Waals surface area contributed by atoms with Crippen LogP contribution in [0.3, 0.4) is 0 Å². The van der Waals surface area contributed by atoms with Gasteiger partial charge in [-0.25, -0.2) is 4.98 Å². The van der Waals surface area contributed by atoms with Crippen molar-refractivity contribution in [3.63, 3.8) is 0 Å². The van der Waals surface area contributed by atoms with Gasteiger partial charge in [-0.3, -0.25) is 9.59 Å². The lowest BCUT2D eigenvalue weighted by atomic mass is 9.89. The summed E-state index contributed by atoms with van der Waals surface area (Å²) < 4.78 is 0. The third kappa shape index (κ3) is 3.58. The number of aromatic nitrogens is 2. The quantitative estimate of drug-likeness (QED) is 0.798. The second kappa shape index (κ2) is 4.99. The minimum absolute atomic E-state index is 0.0282. The normalized spacial score (nSPS) is 11.2. The molecule has 0 aliphatic rings. The number of nitrogens with one attached hydrogen (secondary N) is 1. The maximum atomic E-state index is 11.8. The Balaban J connectivity index is 2.56. The number of hydrogen-bond acceptors (Lipinski definition) is 3. The first-order valence-electron chi connectivity index (χ1n) is 5.28. The van der Waals surface area contributed by atoms with Crippen molar-refractivity contribution in [3.8, 4) is 0 Å². The molecule has 0 saturated carbocycles. The van der Waals surface area contributed by atoms with Crippen molar-refractivity contribution >= 4 is 11.9 Å². The molecule has 0 radical (unpaired) electrons. The monoisotopic (exact) mass is 239 g/mol. The topological polar surface area (TPSA) is 86.3 Å². The zero-order valence-corrected chi connectivity index (χ0v) is 10.2. The molecule has 0 spiro atoms. The van der Waals surface area contributed by atoms with Gasteiger partial charge in [-0.15, -0.1) is 0 Å². The first kappa shape index (κ1) is 13.2. The molecule has 0 atom stereocenters. The zero-order chi connectivity index (χ0) is 13.1. The predicted octanol–water partition coefficient (Wildman–Crippen LogP) is 0.869. The van der Waals surface area contributed by atoms with Crippen LogP contribution in [0, 0.1) is 5.41 Å². The lowest BCUT2D eigenvalue weighted by Gasteiger charge is -2.22. The van der Waals surface area contributed by atoms with Crippen molar-refractivity contribution in [1.29, 1.82) is 0 Å². The van der Waals surface area contributed by atoms with E-state index in [9.17, 15) is 9.59 Å². The van der Waals surface area contributed by atoms with Gasteiger partial charge in [0, 0.05) is 25.9 Å². The van der Waals surface area contributed by atoms with E-state index in [4.69, 9.17) is 5.11 Å². The second-order valence-electron chi connectivity index (χ2n) is 4.65. The van der Waals surface area contributed by atoms with E-state index in [1.165, 1.54) is 18.7 Å². The fourth-order valence-electron chi connectivity index (χ4n) is 1.29. The van der Waals surface area contributed by atoms with Crippen LogP contribution in [-0.4, -0.2) is 38.9 Å². The summed E-state index contributed by atoms with van der Waals surface area (Å²) in [5.74, 6) is -0.514. The number of H-pyrrole nitrogens is 1. The van der Waals surface area contributed by atoms with Gasteiger partial charge in [-0.1, -0.05) is 0 Å². The summed E-state index contributed by atoms with van der Waals surface area (Å²) >= 11 is 0. The number of imidazole rings is 1. The van der Waals surface area contributed by atoms with Crippen molar-refractivity contribution in [2.45, 2.75) is 26.8 Å². The van der Waals surface area contributed by atoms with E-state index in [-0.39, 0.29) is 12.3 Å². The van der Waals surface area contributed by atoms with E-state index in [0.717, 1.165) is 0 Å². The molecule has 1 rings (SSSR count). The predicted molar refractivity (Wildman–Crippen MR) is 61.1 cm³/mol. The molecule has 6 nitrogen and oxygen atoms in total. The standard InChI is InChI=1S/C11H17N3O3/c1-11(2,10(16)17)6-9(15)14(3)7-8-12-4-5-13-8/h4-5H,6-7H2,1-3H3,(H,12,13)(H,16,17). The number of aromatic amines is 1. The first-order valence-corrected chi connectivity index (χ1v) is 5.28. The Labute approximate surface area is 99.7 Å². The lowest BCUT2D eigenvalue weighted by molar-refractivity contribution is -0.151. The Morgan fingerprint density at radius 3 is 2.65 bits per heavy atom. The third-order valence-corrected chi connectivity index (χ3v) is 2.54. The first-order chi connectivity index (χ1) is 7.83. The Hall–Kier alpha value is -1.85. The van der Waals surface area contributed by atoms with E-state index < -0.39 is 11.4 Å². The molecule has 1 amide bonds. The van der Waals surface area contributed by atoms with Gasteiger partial charge in [0.25, 0.3) is 0 Å². The minimum Gasteiger partial charge on any atom is -0.481 e. The molecule has 0 aliphatic heterocycles. The van der Waals surface area contributed by atoms with Gasteiger partial charge in [-0.05, 0) is 13.8 Å². The van der Waals surface area contributed by atoms with Crippen molar-refractivity contribution in [2.75, 3.05) is 7.05 Å². The van der Waals surface area contributed by atoms with Gasteiger partial charge in [0.2, 0.25) is 5.91 Å². The van der Waals surface area contributed by atoms with Crippen LogP contribution >= 0.6 is 0 Å². The van der Waals surface area contributed by atoms with E-state index >= 15 is 0 Å². The number of aliphatic carboxylic acids is 1. The summed E-state index contributed by atoms with van der Waals surface area (Å²) in [5.41, 5.74) is -1.05. The number of carboxylic acids is 1. The van der Waals surface area contributed by atoms with E-state index in [2.05, 4.69) is 9.97 Å². The molecule has 94 valence electrons. The maximum Gasteiger partial charge on any atom is 0.309 e.